The van der Waals surface area contributed by atoms with Gasteiger partial charge < -0.3 is 10.2 Å². The Morgan fingerprint density at radius 2 is 2.00 bits per heavy atom. The number of carbonyl (C=O) groups excluding carboxylic acids is 1. The van der Waals surface area contributed by atoms with E-state index in [1.165, 1.54) is 5.56 Å². The van der Waals surface area contributed by atoms with E-state index in [4.69, 9.17) is 0 Å². The molecule has 0 spiro atoms. The predicted octanol–water partition coefficient (Wildman–Crippen LogP) is 3.10. The molecule has 0 fully saturated rings. The number of fused-ring (bicyclic) bond motifs is 1. The van der Waals surface area contributed by atoms with Crippen molar-refractivity contribution in [1.29, 1.82) is 0 Å². The molecule has 1 aromatic carbocycles. The first-order chi connectivity index (χ1) is 13.2. The zero-order chi connectivity index (χ0) is 18.6. The van der Waals surface area contributed by atoms with E-state index < -0.39 is 0 Å². The van der Waals surface area contributed by atoms with Crippen molar-refractivity contribution in [2.24, 2.45) is 0 Å². The van der Waals surface area contributed by atoms with Crippen molar-refractivity contribution in [2.45, 2.75) is 19.8 Å². The molecule has 1 N–H and O–H groups in total. The SMILES string of the molecule is CCc1cc(NCC(=O)N2CCc3ccccc32)nc(-c2ccccn2)n1. The van der Waals surface area contributed by atoms with Crippen LogP contribution in [-0.2, 0) is 17.6 Å². The highest BCUT2D eigenvalue weighted by Crippen LogP contribution is 2.27. The van der Waals surface area contributed by atoms with Gasteiger partial charge in [-0.3, -0.25) is 9.78 Å². The van der Waals surface area contributed by atoms with Crippen molar-refractivity contribution in [2.75, 3.05) is 23.3 Å². The van der Waals surface area contributed by atoms with Gasteiger partial charge in [0.1, 0.15) is 11.5 Å². The van der Waals surface area contributed by atoms with Crippen LogP contribution >= 0.6 is 0 Å². The third kappa shape index (κ3) is 3.65. The van der Waals surface area contributed by atoms with E-state index in [2.05, 4.69) is 26.3 Å². The number of benzene rings is 1. The summed E-state index contributed by atoms with van der Waals surface area (Å²) in [7, 11) is 0. The lowest BCUT2D eigenvalue weighted by Gasteiger charge is -2.18. The maximum atomic E-state index is 12.7. The van der Waals surface area contributed by atoms with Crippen molar-refractivity contribution in [3.8, 4) is 11.5 Å². The number of para-hydroxylation sites is 1. The van der Waals surface area contributed by atoms with Crippen LogP contribution < -0.4 is 10.2 Å². The summed E-state index contributed by atoms with van der Waals surface area (Å²) in [4.78, 5) is 27.9. The second kappa shape index (κ2) is 7.53. The molecule has 2 aromatic heterocycles. The smallest absolute Gasteiger partial charge is 0.246 e. The van der Waals surface area contributed by atoms with Gasteiger partial charge in [0.25, 0.3) is 0 Å². The number of aromatic nitrogens is 3. The number of carbonyl (C=O) groups is 1. The molecule has 4 rings (SSSR count). The molecule has 1 aliphatic rings. The zero-order valence-electron chi connectivity index (χ0n) is 15.2. The van der Waals surface area contributed by atoms with Gasteiger partial charge in [0.15, 0.2) is 5.82 Å². The Bertz CT molecular complexity index is 958. The van der Waals surface area contributed by atoms with Crippen molar-refractivity contribution < 1.29 is 4.79 Å². The van der Waals surface area contributed by atoms with Crippen LogP contribution in [0.4, 0.5) is 11.5 Å². The minimum atomic E-state index is 0.0380. The van der Waals surface area contributed by atoms with Gasteiger partial charge in [-0.05, 0) is 36.6 Å². The molecular weight excluding hydrogens is 338 g/mol. The zero-order valence-corrected chi connectivity index (χ0v) is 15.2. The fourth-order valence-corrected chi connectivity index (χ4v) is 3.24. The highest BCUT2D eigenvalue weighted by molar-refractivity contribution is 5.97. The van der Waals surface area contributed by atoms with Gasteiger partial charge in [-0.2, -0.15) is 0 Å². The van der Waals surface area contributed by atoms with Gasteiger partial charge in [0, 0.05) is 30.2 Å². The third-order valence-corrected chi connectivity index (χ3v) is 4.64. The summed E-state index contributed by atoms with van der Waals surface area (Å²) in [6, 6.07) is 15.6. The standard InChI is InChI=1S/C21H21N5O/c1-2-16-13-19(25-21(24-16)17-8-5-6-11-22-17)23-14-20(27)26-12-10-15-7-3-4-9-18(15)26/h3-9,11,13H,2,10,12,14H2,1H3,(H,23,24,25). The Morgan fingerprint density at radius 3 is 2.81 bits per heavy atom. The highest BCUT2D eigenvalue weighted by atomic mass is 16.2. The Kier molecular flexibility index (Phi) is 4.78. The van der Waals surface area contributed by atoms with Crippen LogP contribution in [0.1, 0.15) is 18.2 Å². The second-order valence-corrected chi connectivity index (χ2v) is 6.41. The van der Waals surface area contributed by atoms with Gasteiger partial charge in [-0.15, -0.1) is 0 Å². The topological polar surface area (TPSA) is 71.0 Å². The summed E-state index contributed by atoms with van der Waals surface area (Å²) in [6.07, 6.45) is 3.41. The fourth-order valence-electron chi connectivity index (χ4n) is 3.24. The fraction of sp³-hybridized carbons (Fsp3) is 0.238. The lowest BCUT2D eigenvalue weighted by atomic mass is 10.2. The molecule has 0 radical (unpaired) electrons. The van der Waals surface area contributed by atoms with E-state index in [9.17, 15) is 4.79 Å². The van der Waals surface area contributed by atoms with E-state index in [0.29, 0.717) is 11.6 Å². The van der Waals surface area contributed by atoms with Crippen molar-refractivity contribution >= 4 is 17.4 Å². The number of hydrogen-bond acceptors (Lipinski definition) is 5. The third-order valence-electron chi connectivity index (χ3n) is 4.64. The Morgan fingerprint density at radius 1 is 1.15 bits per heavy atom. The molecule has 1 aliphatic heterocycles. The first kappa shape index (κ1) is 17.1. The number of anilines is 2. The minimum Gasteiger partial charge on any atom is -0.361 e. The molecular formula is C21H21N5O. The van der Waals surface area contributed by atoms with Crippen LogP contribution in [0.15, 0.2) is 54.7 Å². The molecule has 0 bridgehead atoms. The van der Waals surface area contributed by atoms with Gasteiger partial charge in [0.05, 0.1) is 6.54 Å². The molecule has 1 amide bonds. The Balaban J connectivity index is 1.51. The molecule has 6 heteroatoms. The lowest BCUT2D eigenvalue weighted by Crippen LogP contribution is -2.34. The van der Waals surface area contributed by atoms with E-state index >= 15 is 0 Å². The number of aryl methyl sites for hydroxylation is 1. The average Bonchev–Trinajstić information content (AvgIpc) is 3.16. The van der Waals surface area contributed by atoms with Gasteiger partial charge in [0.2, 0.25) is 5.91 Å². The number of hydrogen-bond donors (Lipinski definition) is 1. The largest absolute Gasteiger partial charge is 0.361 e. The molecule has 136 valence electrons. The minimum absolute atomic E-state index is 0.0380. The van der Waals surface area contributed by atoms with Crippen molar-refractivity contribution in [1.82, 2.24) is 15.0 Å². The monoisotopic (exact) mass is 359 g/mol. The predicted molar refractivity (Wildman–Crippen MR) is 106 cm³/mol. The van der Waals surface area contributed by atoms with E-state index in [1.54, 1.807) is 6.20 Å². The summed E-state index contributed by atoms with van der Waals surface area (Å²) >= 11 is 0. The summed E-state index contributed by atoms with van der Waals surface area (Å²) < 4.78 is 0. The maximum absolute atomic E-state index is 12.7. The van der Waals surface area contributed by atoms with Crippen molar-refractivity contribution in [3.05, 3.63) is 66.0 Å². The normalized spacial score (nSPS) is 12.7. The van der Waals surface area contributed by atoms with Gasteiger partial charge in [-0.1, -0.05) is 31.2 Å². The van der Waals surface area contributed by atoms with Crippen LogP contribution in [0.25, 0.3) is 11.5 Å². The molecule has 0 saturated carbocycles. The molecule has 6 nitrogen and oxygen atoms in total. The van der Waals surface area contributed by atoms with E-state index in [0.717, 1.165) is 36.5 Å². The lowest BCUT2D eigenvalue weighted by molar-refractivity contribution is -0.116. The number of nitrogens with zero attached hydrogens (tertiary/aromatic N) is 4. The molecule has 0 atom stereocenters. The van der Waals surface area contributed by atoms with Crippen LogP contribution in [0.2, 0.25) is 0 Å². The van der Waals surface area contributed by atoms with Crippen LogP contribution in [0, 0.1) is 0 Å². The van der Waals surface area contributed by atoms with Crippen molar-refractivity contribution in [3.63, 3.8) is 0 Å². The highest BCUT2D eigenvalue weighted by Gasteiger charge is 2.23. The molecule has 3 heterocycles. The Labute approximate surface area is 158 Å². The molecule has 27 heavy (non-hydrogen) atoms. The molecule has 0 saturated heterocycles. The number of pyridine rings is 1. The summed E-state index contributed by atoms with van der Waals surface area (Å²) in [5.41, 5.74) is 3.86. The summed E-state index contributed by atoms with van der Waals surface area (Å²) in [5.74, 6) is 1.25. The Hall–Kier alpha value is -3.28. The quantitative estimate of drug-likeness (QED) is 0.758. The van der Waals surface area contributed by atoms with E-state index in [-0.39, 0.29) is 12.5 Å². The summed E-state index contributed by atoms with van der Waals surface area (Å²) in [5, 5.41) is 3.17. The first-order valence-electron chi connectivity index (χ1n) is 9.16. The average molecular weight is 359 g/mol. The van der Waals surface area contributed by atoms with E-state index in [1.807, 2.05) is 54.3 Å². The van der Waals surface area contributed by atoms with Crippen LogP contribution in [0.5, 0.6) is 0 Å². The van der Waals surface area contributed by atoms with Crippen LogP contribution in [-0.4, -0.2) is 33.9 Å². The van der Waals surface area contributed by atoms with Gasteiger partial charge >= 0.3 is 0 Å². The molecule has 0 unspecified atom stereocenters. The van der Waals surface area contributed by atoms with Crippen LogP contribution in [0.3, 0.4) is 0 Å². The summed E-state index contributed by atoms with van der Waals surface area (Å²) in [6.45, 7) is 2.96. The molecule has 0 aliphatic carbocycles. The first-order valence-corrected chi connectivity index (χ1v) is 9.16. The van der Waals surface area contributed by atoms with Gasteiger partial charge in [-0.25, -0.2) is 9.97 Å². The number of rotatable bonds is 5. The second-order valence-electron chi connectivity index (χ2n) is 6.41. The molecule has 3 aromatic rings. The number of nitrogens with one attached hydrogen (secondary N) is 1. The maximum Gasteiger partial charge on any atom is 0.246 e. The number of amides is 1.